The number of benzene rings is 1. The fraction of sp³-hybridized carbons (Fsp3) is 0.625. The van der Waals surface area contributed by atoms with E-state index in [1.54, 1.807) is 4.90 Å². The van der Waals surface area contributed by atoms with Crippen molar-refractivity contribution in [3.63, 3.8) is 0 Å². The monoisotopic (exact) mass is 413 g/mol. The Bertz CT molecular complexity index is 820. The Morgan fingerprint density at radius 1 is 1.23 bits per heavy atom. The lowest BCUT2D eigenvalue weighted by Crippen LogP contribution is -2.57. The summed E-state index contributed by atoms with van der Waals surface area (Å²) in [5, 5.41) is 3.12. The number of amides is 3. The third kappa shape index (κ3) is 4.52. The summed E-state index contributed by atoms with van der Waals surface area (Å²) in [6.45, 7) is 11.4. The molecule has 3 rings (SSSR count). The van der Waals surface area contributed by atoms with Gasteiger partial charge in [0.15, 0.2) is 0 Å². The molecule has 30 heavy (non-hydrogen) atoms. The quantitative estimate of drug-likeness (QED) is 0.780. The number of piperazine rings is 1. The van der Waals surface area contributed by atoms with E-state index in [-0.39, 0.29) is 42.3 Å². The summed E-state index contributed by atoms with van der Waals surface area (Å²) in [6.07, 6.45) is 1.82. The van der Waals surface area contributed by atoms with Crippen molar-refractivity contribution in [3.05, 3.63) is 34.9 Å². The van der Waals surface area contributed by atoms with Gasteiger partial charge >= 0.3 is 0 Å². The van der Waals surface area contributed by atoms with Gasteiger partial charge in [-0.05, 0) is 49.3 Å². The zero-order valence-corrected chi connectivity index (χ0v) is 18.9. The second-order valence-corrected chi connectivity index (χ2v) is 9.20. The molecule has 3 amide bonds. The van der Waals surface area contributed by atoms with Gasteiger partial charge in [-0.3, -0.25) is 14.4 Å². The molecule has 2 aliphatic rings. The first-order valence-corrected chi connectivity index (χ1v) is 11.1. The maximum atomic E-state index is 13.2. The maximum Gasteiger partial charge on any atom is 0.242 e. The number of nitrogens with zero attached hydrogens (tertiary/aromatic N) is 2. The van der Waals surface area contributed by atoms with E-state index in [0.29, 0.717) is 31.8 Å². The van der Waals surface area contributed by atoms with Crippen LogP contribution in [-0.2, 0) is 20.9 Å². The van der Waals surface area contributed by atoms with Crippen LogP contribution in [0, 0.1) is 25.7 Å². The molecule has 6 heteroatoms. The second kappa shape index (κ2) is 9.19. The van der Waals surface area contributed by atoms with Crippen LogP contribution in [-0.4, -0.2) is 52.7 Å². The van der Waals surface area contributed by atoms with Crippen LogP contribution in [0.4, 0.5) is 0 Å². The Balaban J connectivity index is 1.75. The Morgan fingerprint density at radius 3 is 2.63 bits per heavy atom. The highest BCUT2D eigenvalue weighted by Gasteiger charge is 2.49. The third-order valence-corrected chi connectivity index (χ3v) is 6.66. The fourth-order valence-electron chi connectivity index (χ4n) is 4.92. The summed E-state index contributed by atoms with van der Waals surface area (Å²) >= 11 is 0. The van der Waals surface area contributed by atoms with Gasteiger partial charge in [0.1, 0.15) is 0 Å². The molecule has 0 unspecified atom stereocenters. The van der Waals surface area contributed by atoms with Crippen LogP contribution < -0.4 is 5.32 Å². The fourth-order valence-corrected chi connectivity index (χ4v) is 4.92. The van der Waals surface area contributed by atoms with Gasteiger partial charge in [-0.1, -0.05) is 39.0 Å². The van der Waals surface area contributed by atoms with E-state index < -0.39 is 0 Å². The van der Waals surface area contributed by atoms with E-state index in [1.165, 1.54) is 11.1 Å². The lowest BCUT2D eigenvalue weighted by molar-refractivity contribution is -0.149. The SMILES string of the molecule is CCC(=O)N1CC(=O)N2[C@@H](C[C@H](C(=O)NCc3cccc(C)c3C)[C@@H]2CC(C)C)C1. The molecule has 1 aromatic rings. The molecular weight excluding hydrogens is 378 g/mol. The van der Waals surface area contributed by atoms with Crippen molar-refractivity contribution in [2.75, 3.05) is 13.1 Å². The van der Waals surface area contributed by atoms with E-state index in [2.05, 4.69) is 39.1 Å². The van der Waals surface area contributed by atoms with E-state index in [0.717, 1.165) is 12.0 Å². The molecule has 0 aromatic heterocycles. The minimum atomic E-state index is -0.233. The molecule has 6 nitrogen and oxygen atoms in total. The van der Waals surface area contributed by atoms with Crippen LogP contribution >= 0.6 is 0 Å². The van der Waals surface area contributed by atoms with Crippen LogP contribution in [0.2, 0.25) is 0 Å². The zero-order chi connectivity index (χ0) is 22.0. The molecule has 3 atom stereocenters. The standard InChI is InChI=1S/C24H35N3O3/c1-6-22(28)26-13-19-11-20(21(10-15(2)3)27(19)23(29)14-26)24(30)25-12-18-9-7-8-16(4)17(18)5/h7-9,15,19-21H,6,10-14H2,1-5H3,(H,25,30)/t19-,20-,21-/m0/s1. The van der Waals surface area contributed by atoms with Gasteiger partial charge in [-0.25, -0.2) is 0 Å². The number of carbonyl (C=O) groups is 3. The number of hydrogen-bond acceptors (Lipinski definition) is 3. The van der Waals surface area contributed by atoms with Gasteiger partial charge in [0.25, 0.3) is 0 Å². The molecule has 0 aliphatic carbocycles. The lowest BCUT2D eigenvalue weighted by atomic mass is 9.91. The Labute approximate surface area is 180 Å². The van der Waals surface area contributed by atoms with Gasteiger partial charge < -0.3 is 15.1 Å². The zero-order valence-electron chi connectivity index (χ0n) is 18.9. The Morgan fingerprint density at radius 2 is 1.97 bits per heavy atom. The van der Waals surface area contributed by atoms with Gasteiger partial charge in [0, 0.05) is 25.6 Å². The topological polar surface area (TPSA) is 69.7 Å². The molecule has 2 aliphatic heterocycles. The molecule has 164 valence electrons. The first kappa shape index (κ1) is 22.3. The molecule has 2 fully saturated rings. The largest absolute Gasteiger partial charge is 0.352 e. The van der Waals surface area contributed by atoms with E-state index in [4.69, 9.17) is 0 Å². The van der Waals surface area contributed by atoms with E-state index >= 15 is 0 Å². The van der Waals surface area contributed by atoms with Crippen LogP contribution in [0.1, 0.15) is 56.7 Å². The molecule has 0 bridgehead atoms. The van der Waals surface area contributed by atoms with Crippen molar-refractivity contribution in [3.8, 4) is 0 Å². The second-order valence-electron chi connectivity index (χ2n) is 9.20. The first-order chi connectivity index (χ1) is 14.2. The van der Waals surface area contributed by atoms with Crippen LogP contribution in [0.15, 0.2) is 18.2 Å². The Hall–Kier alpha value is -2.37. The number of aryl methyl sites for hydroxylation is 1. The minimum Gasteiger partial charge on any atom is -0.352 e. The smallest absolute Gasteiger partial charge is 0.242 e. The summed E-state index contributed by atoms with van der Waals surface area (Å²) in [7, 11) is 0. The van der Waals surface area contributed by atoms with Crippen LogP contribution in [0.25, 0.3) is 0 Å². The molecule has 1 N–H and O–H groups in total. The predicted octanol–water partition coefficient (Wildman–Crippen LogP) is 2.80. The maximum absolute atomic E-state index is 13.2. The summed E-state index contributed by atoms with van der Waals surface area (Å²) < 4.78 is 0. The molecule has 0 spiro atoms. The van der Waals surface area contributed by atoms with Gasteiger partial charge in [0.2, 0.25) is 17.7 Å². The molecule has 0 radical (unpaired) electrons. The van der Waals surface area contributed by atoms with Gasteiger partial charge in [0.05, 0.1) is 18.5 Å². The number of rotatable bonds is 6. The highest BCUT2D eigenvalue weighted by atomic mass is 16.2. The van der Waals surface area contributed by atoms with Crippen LogP contribution in [0.3, 0.4) is 0 Å². The van der Waals surface area contributed by atoms with Crippen molar-refractivity contribution < 1.29 is 14.4 Å². The number of hydrogen-bond donors (Lipinski definition) is 1. The summed E-state index contributed by atoms with van der Waals surface area (Å²) in [6, 6.07) is 5.97. The number of fused-ring (bicyclic) bond motifs is 1. The molecule has 2 saturated heterocycles. The van der Waals surface area contributed by atoms with E-state index in [1.807, 2.05) is 24.0 Å². The van der Waals surface area contributed by atoms with Gasteiger partial charge in [-0.2, -0.15) is 0 Å². The lowest BCUT2D eigenvalue weighted by Gasteiger charge is -2.40. The number of carbonyl (C=O) groups excluding carboxylic acids is 3. The van der Waals surface area contributed by atoms with Gasteiger partial charge in [-0.15, -0.1) is 0 Å². The average molecular weight is 414 g/mol. The van der Waals surface area contributed by atoms with Crippen molar-refractivity contribution >= 4 is 17.7 Å². The van der Waals surface area contributed by atoms with Crippen molar-refractivity contribution in [1.29, 1.82) is 0 Å². The molecular formula is C24H35N3O3. The van der Waals surface area contributed by atoms with Crippen molar-refractivity contribution in [2.45, 2.75) is 72.5 Å². The predicted molar refractivity (Wildman–Crippen MR) is 117 cm³/mol. The minimum absolute atomic E-state index is 0.00577. The Kier molecular flexibility index (Phi) is 6.84. The highest BCUT2D eigenvalue weighted by molar-refractivity contribution is 5.88. The molecule has 2 heterocycles. The molecule has 1 aromatic carbocycles. The summed E-state index contributed by atoms with van der Waals surface area (Å²) in [5.41, 5.74) is 3.53. The highest BCUT2D eigenvalue weighted by Crippen LogP contribution is 2.36. The third-order valence-electron chi connectivity index (χ3n) is 6.66. The average Bonchev–Trinajstić information content (AvgIpc) is 3.06. The summed E-state index contributed by atoms with van der Waals surface area (Å²) in [5.74, 6) is 0.140. The first-order valence-electron chi connectivity index (χ1n) is 11.1. The van der Waals surface area contributed by atoms with E-state index in [9.17, 15) is 14.4 Å². The van der Waals surface area contributed by atoms with Crippen LogP contribution in [0.5, 0.6) is 0 Å². The normalized spacial score (nSPS) is 23.7. The number of nitrogens with one attached hydrogen (secondary N) is 1. The van der Waals surface area contributed by atoms with Crippen molar-refractivity contribution in [2.24, 2.45) is 11.8 Å². The summed E-state index contributed by atoms with van der Waals surface area (Å²) in [4.78, 5) is 41.9. The molecule has 0 saturated carbocycles. The van der Waals surface area contributed by atoms with Crippen molar-refractivity contribution in [1.82, 2.24) is 15.1 Å².